The molecule has 0 saturated carbocycles. The van der Waals surface area contributed by atoms with Gasteiger partial charge in [0.05, 0.1) is 5.56 Å². The van der Waals surface area contributed by atoms with Crippen LogP contribution in [0.2, 0.25) is 0 Å². The first-order chi connectivity index (χ1) is 9.65. The van der Waals surface area contributed by atoms with E-state index in [0.29, 0.717) is 13.1 Å². The monoisotopic (exact) mass is 293 g/mol. The lowest BCUT2D eigenvalue weighted by molar-refractivity contribution is -0.138. The standard InChI is InChI=1S/C15H19NO3S/c17-14(18)7-10-5-6-16(8-10)15(19)12-9-20-13-4-2-1-3-11(12)13/h9-10H,1-8H2,(H,17,18). The van der Waals surface area contributed by atoms with E-state index in [1.807, 2.05) is 10.3 Å². The minimum Gasteiger partial charge on any atom is -0.481 e. The van der Waals surface area contributed by atoms with Crippen LogP contribution in [0.3, 0.4) is 0 Å². The van der Waals surface area contributed by atoms with Gasteiger partial charge in [0.15, 0.2) is 0 Å². The fourth-order valence-electron chi connectivity index (χ4n) is 3.27. The van der Waals surface area contributed by atoms with Gasteiger partial charge in [0, 0.05) is 29.8 Å². The van der Waals surface area contributed by atoms with Gasteiger partial charge in [-0.25, -0.2) is 0 Å². The van der Waals surface area contributed by atoms with Gasteiger partial charge in [0.25, 0.3) is 5.91 Å². The van der Waals surface area contributed by atoms with E-state index in [9.17, 15) is 9.59 Å². The maximum atomic E-state index is 12.6. The van der Waals surface area contributed by atoms with E-state index in [2.05, 4.69) is 0 Å². The molecular formula is C15H19NO3S. The summed E-state index contributed by atoms with van der Waals surface area (Å²) in [6, 6.07) is 0. The Morgan fingerprint density at radius 1 is 1.35 bits per heavy atom. The number of nitrogens with zero attached hydrogens (tertiary/aromatic N) is 1. The summed E-state index contributed by atoms with van der Waals surface area (Å²) in [5, 5.41) is 10.8. The normalized spacial score (nSPS) is 21.8. The summed E-state index contributed by atoms with van der Waals surface area (Å²) in [5.74, 6) is -0.541. The second-order valence-corrected chi connectivity index (χ2v) is 6.73. The number of aliphatic carboxylic acids is 1. The highest BCUT2D eigenvalue weighted by atomic mass is 32.1. The van der Waals surface area contributed by atoms with Gasteiger partial charge in [0.2, 0.25) is 0 Å². The first-order valence-electron chi connectivity index (χ1n) is 7.25. The number of carboxylic acid groups (broad SMARTS) is 1. The van der Waals surface area contributed by atoms with Crippen molar-refractivity contribution in [2.24, 2.45) is 5.92 Å². The maximum Gasteiger partial charge on any atom is 0.303 e. The number of hydrogen-bond acceptors (Lipinski definition) is 3. The number of aryl methyl sites for hydroxylation is 1. The molecule has 0 bridgehead atoms. The summed E-state index contributed by atoms with van der Waals surface area (Å²) in [5.41, 5.74) is 2.13. The van der Waals surface area contributed by atoms with E-state index in [1.54, 1.807) is 11.3 Å². The molecule has 5 heteroatoms. The zero-order chi connectivity index (χ0) is 14.1. The zero-order valence-electron chi connectivity index (χ0n) is 11.4. The van der Waals surface area contributed by atoms with Crippen molar-refractivity contribution in [1.29, 1.82) is 0 Å². The average Bonchev–Trinajstić information content (AvgIpc) is 3.03. The lowest BCUT2D eigenvalue weighted by Gasteiger charge is -2.18. The molecule has 1 aliphatic carbocycles. The quantitative estimate of drug-likeness (QED) is 0.932. The third-order valence-corrected chi connectivity index (χ3v) is 5.42. The molecule has 2 aliphatic rings. The molecule has 2 heterocycles. The molecule has 1 amide bonds. The van der Waals surface area contributed by atoms with Crippen molar-refractivity contribution in [2.75, 3.05) is 13.1 Å². The molecule has 1 aliphatic heterocycles. The molecule has 0 radical (unpaired) electrons. The van der Waals surface area contributed by atoms with Crippen molar-refractivity contribution in [2.45, 2.75) is 38.5 Å². The molecule has 1 fully saturated rings. The minimum absolute atomic E-state index is 0.109. The van der Waals surface area contributed by atoms with Crippen LogP contribution in [0.15, 0.2) is 5.38 Å². The summed E-state index contributed by atoms with van der Waals surface area (Å²) < 4.78 is 0. The Balaban J connectivity index is 1.71. The van der Waals surface area contributed by atoms with Crippen LogP contribution in [0.5, 0.6) is 0 Å². The van der Waals surface area contributed by atoms with E-state index in [1.165, 1.54) is 23.3 Å². The van der Waals surface area contributed by atoms with Crippen LogP contribution in [-0.2, 0) is 17.6 Å². The van der Waals surface area contributed by atoms with Crippen molar-refractivity contribution in [3.63, 3.8) is 0 Å². The molecule has 1 aromatic rings. The number of carbonyl (C=O) groups excluding carboxylic acids is 1. The van der Waals surface area contributed by atoms with Crippen molar-refractivity contribution in [1.82, 2.24) is 4.90 Å². The van der Waals surface area contributed by atoms with Crippen molar-refractivity contribution >= 4 is 23.2 Å². The van der Waals surface area contributed by atoms with Crippen LogP contribution in [0.25, 0.3) is 0 Å². The number of fused-ring (bicyclic) bond motifs is 1. The molecule has 1 N–H and O–H groups in total. The predicted molar refractivity (Wildman–Crippen MR) is 77.2 cm³/mol. The fraction of sp³-hybridized carbons (Fsp3) is 0.600. The van der Waals surface area contributed by atoms with Crippen molar-refractivity contribution in [3.05, 3.63) is 21.4 Å². The van der Waals surface area contributed by atoms with Gasteiger partial charge in [-0.05, 0) is 43.6 Å². The highest BCUT2D eigenvalue weighted by Gasteiger charge is 2.30. The SMILES string of the molecule is O=C(O)CC1CCN(C(=O)c2csc3c2CCCC3)C1. The highest BCUT2D eigenvalue weighted by Crippen LogP contribution is 2.32. The number of rotatable bonds is 3. The first-order valence-corrected chi connectivity index (χ1v) is 8.13. The van der Waals surface area contributed by atoms with Gasteiger partial charge in [-0.15, -0.1) is 11.3 Å². The van der Waals surface area contributed by atoms with Crippen LogP contribution in [0.1, 0.15) is 46.5 Å². The zero-order valence-corrected chi connectivity index (χ0v) is 12.2. The number of carbonyl (C=O) groups is 2. The molecule has 1 saturated heterocycles. The number of thiophene rings is 1. The van der Waals surface area contributed by atoms with Gasteiger partial charge in [-0.2, -0.15) is 0 Å². The second kappa shape index (κ2) is 5.56. The van der Waals surface area contributed by atoms with Gasteiger partial charge in [-0.1, -0.05) is 0 Å². The molecule has 1 unspecified atom stereocenters. The molecule has 1 atom stereocenters. The molecule has 0 aromatic carbocycles. The lowest BCUT2D eigenvalue weighted by Crippen LogP contribution is -2.29. The molecule has 1 aromatic heterocycles. The largest absolute Gasteiger partial charge is 0.481 e. The van der Waals surface area contributed by atoms with Crippen molar-refractivity contribution < 1.29 is 14.7 Å². The maximum absolute atomic E-state index is 12.6. The first kappa shape index (κ1) is 13.6. The van der Waals surface area contributed by atoms with E-state index in [0.717, 1.165) is 24.8 Å². The molecule has 20 heavy (non-hydrogen) atoms. The topological polar surface area (TPSA) is 57.6 Å². The Kier molecular flexibility index (Phi) is 3.78. The Bertz CT molecular complexity index is 537. The minimum atomic E-state index is -0.766. The molecule has 108 valence electrons. The highest BCUT2D eigenvalue weighted by molar-refractivity contribution is 7.10. The van der Waals surface area contributed by atoms with E-state index < -0.39 is 5.97 Å². The van der Waals surface area contributed by atoms with Gasteiger partial charge < -0.3 is 10.0 Å². The van der Waals surface area contributed by atoms with Crippen LogP contribution in [0.4, 0.5) is 0 Å². The van der Waals surface area contributed by atoms with Crippen LogP contribution < -0.4 is 0 Å². The van der Waals surface area contributed by atoms with Crippen LogP contribution in [0, 0.1) is 5.92 Å². The van der Waals surface area contributed by atoms with E-state index >= 15 is 0 Å². The van der Waals surface area contributed by atoms with Crippen LogP contribution in [-0.4, -0.2) is 35.0 Å². The van der Waals surface area contributed by atoms with E-state index in [4.69, 9.17) is 5.11 Å². The summed E-state index contributed by atoms with van der Waals surface area (Å²) in [6.45, 7) is 1.29. The summed E-state index contributed by atoms with van der Waals surface area (Å²) in [6.07, 6.45) is 5.51. The molecule has 0 spiro atoms. The Hall–Kier alpha value is -1.36. The third kappa shape index (κ3) is 2.59. The number of likely N-dealkylation sites (tertiary alicyclic amines) is 1. The van der Waals surface area contributed by atoms with Crippen LogP contribution >= 0.6 is 11.3 Å². The summed E-state index contributed by atoms with van der Waals surface area (Å²) in [7, 11) is 0. The van der Waals surface area contributed by atoms with Crippen molar-refractivity contribution in [3.8, 4) is 0 Å². The smallest absolute Gasteiger partial charge is 0.303 e. The third-order valence-electron chi connectivity index (χ3n) is 4.33. The molecule has 3 rings (SSSR count). The Labute approximate surface area is 122 Å². The molecule has 4 nitrogen and oxygen atoms in total. The van der Waals surface area contributed by atoms with Gasteiger partial charge >= 0.3 is 5.97 Å². The number of carboxylic acids is 1. The average molecular weight is 293 g/mol. The second-order valence-electron chi connectivity index (χ2n) is 5.76. The van der Waals surface area contributed by atoms with E-state index in [-0.39, 0.29) is 18.2 Å². The summed E-state index contributed by atoms with van der Waals surface area (Å²) in [4.78, 5) is 26.6. The molecular weight excluding hydrogens is 274 g/mol. The summed E-state index contributed by atoms with van der Waals surface area (Å²) >= 11 is 1.71. The fourth-order valence-corrected chi connectivity index (χ4v) is 4.39. The number of hydrogen-bond donors (Lipinski definition) is 1. The predicted octanol–water partition coefficient (Wildman–Crippen LogP) is 2.56. The Morgan fingerprint density at radius 2 is 2.15 bits per heavy atom. The number of amides is 1. The van der Waals surface area contributed by atoms with Gasteiger partial charge in [0.1, 0.15) is 0 Å². The lowest BCUT2D eigenvalue weighted by atomic mass is 9.95. The van der Waals surface area contributed by atoms with Gasteiger partial charge in [-0.3, -0.25) is 9.59 Å². The Morgan fingerprint density at radius 3 is 2.95 bits per heavy atom.